The molecular weight excluding hydrogens is 414 g/mol. The van der Waals surface area contributed by atoms with Crippen LogP contribution < -0.4 is 10.1 Å². The summed E-state index contributed by atoms with van der Waals surface area (Å²) in [4.78, 5) is 3.31. The Morgan fingerprint density at radius 3 is 2.55 bits per heavy atom. The van der Waals surface area contributed by atoms with Gasteiger partial charge in [-0.05, 0) is 36.4 Å². The number of para-hydroxylation sites is 1. The van der Waals surface area contributed by atoms with Crippen molar-refractivity contribution in [2.24, 2.45) is 0 Å². The lowest BCUT2D eigenvalue weighted by atomic mass is 10.3. The van der Waals surface area contributed by atoms with Gasteiger partial charge < -0.3 is 10.1 Å². The average Bonchev–Trinajstić information content (AvgIpc) is 3.23. The number of ether oxygens (including phenoxy) is 1. The molecule has 0 unspecified atom stereocenters. The zero-order valence-electron chi connectivity index (χ0n) is 15.8. The number of aromatic nitrogens is 4. The molecule has 0 aliphatic carbocycles. The molecule has 1 N–H and O–H groups in total. The molecule has 0 fully saturated rings. The molecule has 2 heterocycles. The SMILES string of the molecule is Fc1cc(-n2cc(CNc3ccnc(C(F)(F)F)c3)nn2)ccc1Oc1ccccc1. The Bertz CT molecular complexity index is 1180. The molecule has 31 heavy (non-hydrogen) atoms. The lowest BCUT2D eigenvalue weighted by molar-refractivity contribution is -0.141. The lowest BCUT2D eigenvalue weighted by Gasteiger charge is -2.09. The summed E-state index contributed by atoms with van der Waals surface area (Å²) in [6.45, 7) is 0.124. The van der Waals surface area contributed by atoms with Gasteiger partial charge in [0.05, 0.1) is 18.4 Å². The molecule has 158 valence electrons. The number of alkyl halides is 3. The molecule has 2 aromatic carbocycles. The first-order valence-electron chi connectivity index (χ1n) is 9.10. The van der Waals surface area contributed by atoms with Gasteiger partial charge in [-0.3, -0.25) is 4.98 Å². The molecule has 6 nitrogen and oxygen atoms in total. The molecule has 0 amide bonds. The summed E-state index contributed by atoms with van der Waals surface area (Å²) >= 11 is 0. The standard InChI is InChI=1S/C21H15F4N5O/c22-18-11-16(6-7-19(18)31-17-4-2-1-3-5-17)30-13-15(28-29-30)12-27-14-8-9-26-20(10-14)21(23,24)25/h1-11,13H,12H2,(H,26,27). The van der Waals surface area contributed by atoms with E-state index in [-0.39, 0.29) is 18.0 Å². The molecule has 0 atom stereocenters. The van der Waals surface area contributed by atoms with Crippen LogP contribution in [0.25, 0.3) is 5.69 Å². The predicted octanol–water partition coefficient (Wildman–Crippen LogP) is 5.22. The normalized spacial score (nSPS) is 11.4. The van der Waals surface area contributed by atoms with E-state index in [0.29, 0.717) is 17.1 Å². The third-order valence-electron chi connectivity index (χ3n) is 4.22. The monoisotopic (exact) mass is 429 g/mol. The first-order chi connectivity index (χ1) is 14.9. The zero-order valence-corrected chi connectivity index (χ0v) is 15.8. The van der Waals surface area contributed by atoms with Crippen molar-refractivity contribution in [3.05, 3.63) is 90.3 Å². The van der Waals surface area contributed by atoms with Gasteiger partial charge in [-0.25, -0.2) is 9.07 Å². The van der Waals surface area contributed by atoms with Gasteiger partial charge in [-0.15, -0.1) is 5.10 Å². The minimum Gasteiger partial charge on any atom is -0.454 e. The second-order valence-electron chi connectivity index (χ2n) is 6.47. The summed E-state index contributed by atoms with van der Waals surface area (Å²) in [6, 6.07) is 15.5. The number of anilines is 1. The molecule has 0 bridgehead atoms. The fourth-order valence-corrected chi connectivity index (χ4v) is 2.72. The van der Waals surface area contributed by atoms with Gasteiger partial charge in [0.25, 0.3) is 0 Å². The van der Waals surface area contributed by atoms with E-state index >= 15 is 0 Å². The van der Waals surface area contributed by atoms with E-state index in [0.717, 1.165) is 12.3 Å². The smallest absolute Gasteiger partial charge is 0.433 e. The van der Waals surface area contributed by atoms with E-state index < -0.39 is 17.7 Å². The molecule has 0 radical (unpaired) electrons. The van der Waals surface area contributed by atoms with Crippen molar-refractivity contribution in [2.45, 2.75) is 12.7 Å². The van der Waals surface area contributed by atoms with Gasteiger partial charge >= 0.3 is 6.18 Å². The molecule has 2 aromatic heterocycles. The van der Waals surface area contributed by atoms with Gasteiger partial charge in [-0.2, -0.15) is 13.2 Å². The quantitative estimate of drug-likeness (QED) is 0.426. The van der Waals surface area contributed by atoms with E-state index in [1.54, 1.807) is 36.5 Å². The van der Waals surface area contributed by atoms with E-state index in [2.05, 4.69) is 20.6 Å². The van der Waals surface area contributed by atoms with Crippen molar-refractivity contribution in [2.75, 3.05) is 5.32 Å². The Balaban J connectivity index is 1.43. The first-order valence-corrected chi connectivity index (χ1v) is 9.10. The molecule has 4 rings (SSSR count). The van der Waals surface area contributed by atoms with Crippen LogP contribution in [0.2, 0.25) is 0 Å². The van der Waals surface area contributed by atoms with Gasteiger partial charge in [0.15, 0.2) is 11.6 Å². The second kappa shape index (κ2) is 8.42. The van der Waals surface area contributed by atoms with Gasteiger partial charge in [-0.1, -0.05) is 23.4 Å². The number of hydrogen-bond donors (Lipinski definition) is 1. The Morgan fingerprint density at radius 2 is 1.81 bits per heavy atom. The Hall–Kier alpha value is -3.95. The Kier molecular flexibility index (Phi) is 5.52. The van der Waals surface area contributed by atoms with Gasteiger partial charge in [0, 0.05) is 18.0 Å². The van der Waals surface area contributed by atoms with Crippen LogP contribution in [0, 0.1) is 5.82 Å². The number of hydrogen-bond acceptors (Lipinski definition) is 5. The van der Waals surface area contributed by atoms with E-state index in [4.69, 9.17) is 4.74 Å². The first kappa shape index (κ1) is 20.3. The van der Waals surface area contributed by atoms with Crippen LogP contribution >= 0.6 is 0 Å². The highest BCUT2D eigenvalue weighted by Gasteiger charge is 2.32. The maximum atomic E-state index is 14.4. The number of nitrogens with zero attached hydrogens (tertiary/aromatic N) is 4. The number of halogens is 4. The van der Waals surface area contributed by atoms with Crippen LogP contribution in [-0.2, 0) is 12.7 Å². The maximum Gasteiger partial charge on any atom is 0.433 e. The highest BCUT2D eigenvalue weighted by Crippen LogP contribution is 2.29. The minimum atomic E-state index is -4.53. The van der Waals surface area contributed by atoms with Crippen molar-refractivity contribution in [3.63, 3.8) is 0 Å². The van der Waals surface area contributed by atoms with Crippen molar-refractivity contribution < 1.29 is 22.3 Å². The summed E-state index contributed by atoms with van der Waals surface area (Å²) in [5.41, 5.74) is 0.120. The summed E-state index contributed by atoms with van der Waals surface area (Å²) in [7, 11) is 0. The van der Waals surface area contributed by atoms with Crippen LogP contribution in [0.3, 0.4) is 0 Å². The van der Waals surface area contributed by atoms with Crippen molar-refractivity contribution in [1.82, 2.24) is 20.0 Å². The van der Waals surface area contributed by atoms with E-state index in [1.165, 1.54) is 22.9 Å². The second-order valence-corrected chi connectivity index (χ2v) is 6.47. The topological polar surface area (TPSA) is 64.9 Å². The number of pyridine rings is 1. The average molecular weight is 429 g/mol. The van der Waals surface area contributed by atoms with Crippen molar-refractivity contribution >= 4 is 5.69 Å². The highest BCUT2D eigenvalue weighted by atomic mass is 19.4. The highest BCUT2D eigenvalue weighted by molar-refractivity contribution is 5.44. The van der Waals surface area contributed by atoms with Crippen LogP contribution in [-0.4, -0.2) is 20.0 Å². The fourth-order valence-electron chi connectivity index (χ4n) is 2.72. The fraction of sp³-hybridized carbons (Fsp3) is 0.0952. The number of benzene rings is 2. The molecule has 10 heteroatoms. The third kappa shape index (κ3) is 4.97. The summed E-state index contributed by atoms with van der Waals surface area (Å²) in [5.74, 6) is -0.00355. The molecule has 0 aliphatic rings. The van der Waals surface area contributed by atoms with Crippen LogP contribution in [0.1, 0.15) is 11.4 Å². The summed E-state index contributed by atoms with van der Waals surface area (Å²) in [6.07, 6.45) is -1.91. The van der Waals surface area contributed by atoms with Crippen LogP contribution in [0.5, 0.6) is 11.5 Å². The molecule has 0 saturated carbocycles. The van der Waals surface area contributed by atoms with Crippen molar-refractivity contribution in [1.29, 1.82) is 0 Å². The molecule has 0 aliphatic heterocycles. The third-order valence-corrected chi connectivity index (χ3v) is 4.22. The molecule has 0 saturated heterocycles. The Morgan fingerprint density at radius 1 is 1.00 bits per heavy atom. The minimum absolute atomic E-state index is 0.0649. The van der Waals surface area contributed by atoms with E-state index in [1.807, 2.05) is 6.07 Å². The van der Waals surface area contributed by atoms with Crippen molar-refractivity contribution in [3.8, 4) is 17.2 Å². The largest absolute Gasteiger partial charge is 0.454 e. The molecular formula is C21H15F4N5O. The maximum absolute atomic E-state index is 14.4. The zero-order chi connectivity index (χ0) is 21.8. The molecule has 0 spiro atoms. The number of rotatable bonds is 6. The van der Waals surface area contributed by atoms with E-state index in [9.17, 15) is 17.6 Å². The van der Waals surface area contributed by atoms with Crippen LogP contribution in [0.4, 0.5) is 23.2 Å². The molecule has 4 aromatic rings. The van der Waals surface area contributed by atoms with Crippen LogP contribution in [0.15, 0.2) is 73.1 Å². The number of nitrogens with one attached hydrogen (secondary N) is 1. The van der Waals surface area contributed by atoms with Gasteiger partial charge in [0.1, 0.15) is 17.1 Å². The predicted molar refractivity (Wildman–Crippen MR) is 104 cm³/mol. The summed E-state index contributed by atoms with van der Waals surface area (Å²) < 4.78 is 59.6. The Labute approximate surface area is 174 Å². The van der Waals surface area contributed by atoms with Gasteiger partial charge in [0.2, 0.25) is 0 Å². The lowest BCUT2D eigenvalue weighted by Crippen LogP contribution is -2.09. The summed E-state index contributed by atoms with van der Waals surface area (Å²) in [5, 5.41) is 10.7.